The van der Waals surface area contributed by atoms with Crippen LogP contribution in [-0.4, -0.2) is 79.7 Å². The molecule has 0 aromatic carbocycles. The van der Waals surface area contributed by atoms with Crippen molar-refractivity contribution in [2.45, 2.75) is 97.3 Å². The summed E-state index contributed by atoms with van der Waals surface area (Å²) >= 11 is 0. The topological polar surface area (TPSA) is 24.9 Å². The van der Waals surface area contributed by atoms with E-state index in [0.29, 0.717) is 38.2 Å². The van der Waals surface area contributed by atoms with E-state index in [9.17, 15) is 13.2 Å². The standard InChI is InChI=1S/C20H37F3N2O2.C2H6/c1-6-24-9-10-25(18(14-24)20(21,22)23)8-7-15(2)13-19(3,4)27-17-11-16(12-17)26-5;1-2/h15-18H,6-14H2,1-5H3;1-2H3. The molecule has 0 amide bonds. The second-order valence-corrected chi connectivity index (χ2v) is 8.91. The summed E-state index contributed by atoms with van der Waals surface area (Å²) in [5, 5.41) is 0. The van der Waals surface area contributed by atoms with E-state index >= 15 is 0 Å². The van der Waals surface area contributed by atoms with Gasteiger partial charge < -0.3 is 14.4 Å². The molecule has 0 aromatic heterocycles. The smallest absolute Gasteiger partial charge is 0.381 e. The molecule has 7 heteroatoms. The van der Waals surface area contributed by atoms with Gasteiger partial charge in [0.1, 0.15) is 6.04 Å². The molecule has 1 aliphatic heterocycles. The second-order valence-electron chi connectivity index (χ2n) is 8.91. The number of likely N-dealkylation sites (N-methyl/N-ethyl adjacent to an activating group) is 1. The third-order valence-corrected chi connectivity index (χ3v) is 6.02. The average Bonchev–Trinajstić information content (AvgIpc) is 2.63. The molecule has 1 saturated carbocycles. The number of halogens is 3. The highest BCUT2D eigenvalue weighted by atomic mass is 19.4. The van der Waals surface area contributed by atoms with Crippen molar-refractivity contribution in [3.05, 3.63) is 0 Å². The van der Waals surface area contributed by atoms with Crippen molar-refractivity contribution in [1.82, 2.24) is 9.80 Å². The van der Waals surface area contributed by atoms with Gasteiger partial charge in [0.2, 0.25) is 0 Å². The maximum absolute atomic E-state index is 13.4. The Morgan fingerprint density at radius 1 is 1.07 bits per heavy atom. The molecule has 2 unspecified atom stereocenters. The minimum Gasteiger partial charge on any atom is -0.381 e. The van der Waals surface area contributed by atoms with E-state index in [2.05, 4.69) is 20.8 Å². The van der Waals surface area contributed by atoms with Crippen LogP contribution in [0, 0.1) is 5.92 Å². The lowest BCUT2D eigenvalue weighted by molar-refractivity contribution is -0.197. The van der Waals surface area contributed by atoms with Gasteiger partial charge in [0.25, 0.3) is 0 Å². The first kappa shape index (κ1) is 26.7. The first-order valence-electron chi connectivity index (χ1n) is 11.3. The van der Waals surface area contributed by atoms with Crippen LogP contribution in [0.25, 0.3) is 0 Å². The van der Waals surface area contributed by atoms with Gasteiger partial charge >= 0.3 is 6.18 Å². The third-order valence-electron chi connectivity index (χ3n) is 6.02. The van der Waals surface area contributed by atoms with Gasteiger partial charge in [-0.15, -0.1) is 0 Å². The maximum Gasteiger partial charge on any atom is 0.405 e. The van der Waals surface area contributed by atoms with Crippen molar-refractivity contribution in [1.29, 1.82) is 0 Å². The lowest BCUT2D eigenvalue weighted by atomic mass is 9.88. The molecule has 2 aliphatic rings. The van der Waals surface area contributed by atoms with Crippen LogP contribution in [0.4, 0.5) is 13.2 Å². The van der Waals surface area contributed by atoms with E-state index in [-0.39, 0.29) is 18.2 Å². The summed E-state index contributed by atoms with van der Waals surface area (Å²) in [6.45, 7) is 14.7. The van der Waals surface area contributed by atoms with Crippen LogP contribution in [0.1, 0.15) is 67.2 Å². The van der Waals surface area contributed by atoms with Gasteiger partial charge in [0.15, 0.2) is 0 Å². The van der Waals surface area contributed by atoms with E-state index < -0.39 is 12.2 Å². The number of methoxy groups -OCH3 is 1. The maximum atomic E-state index is 13.4. The highest BCUT2D eigenvalue weighted by Crippen LogP contribution is 2.33. The van der Waals surface area contributed by atoms with Crippen molar-refractivity contribution in [3.63, 3.8) is 0 Å². The van der Waals surface area contributed by atoms with Crippen molar-refractivity contribution < 1.29 is 22.6 Å². The highest BCUT2D eigenvalue weighted by molar-refractivity contribution is 4.88. The van der Waals surface area contributed by atoms with E-state index in [1.165, 1.54) is 0 Å². The normalized spacial score (nSPS) is 27.7. The molecular weight excluding hydrogens is 381 g/mol. The molecule has 0 spiro atoms. The molecule has 0 aromatic rings. The Bertz CT molecular complexity index is 454. The second kappa shape index (κ2) is 11.9. The zero-order chi connectivity index (χ0) is 22.2. The quantitative estimate of drug-likeness (QED) is 0.522. The Morgan fingerprint density at radius 3 is 2.21 bits per heavy atom. The fraction of sp³-hybridized carbons (Fsp3) is 1.00. The molecule has 2 fully saturated rings. The average molecular weight is 425 g/mol. The molecule has 1 saturated heterocycles. The number of nitrogens with zero attached hydrogens (tertiary/aromatic N) is 2. The molecule has 1 aliphatic carbocycles. The lowest BCUT2D eigenvalue weighted by Gasteiger charge is -2.43. The number of hydrogen-bond donors (Lipinski definition) is 0. The summed E-state index contributed by atoms with van der Waals surface area (Å²) in [7, 11) is 1.72. The van der Waals surface area contributed by atoms with E-state index in [0.717, 1.165) is 25.7 Å². The summed E-state index contributed by atoms with van der Waals surface area (Å²) in [4.78, 5) is 3.52. The Hall–Kier alpha value is -0.370. The van der Waals surface area contributed by atoms with Gasteiger partial charge in [-0.3, -0.25) is 4.90 Å². The first-order chi connectivity index (χ1) is 13.5. The van der Waals surface area contributed by atoms with Gasteiger partial charge in [0.05, 0.1) is 17.8 Å². The highest BCUT2D eigenvalue weighted by Gasteiger charge is 2.46. The predicted molar refractivity (Wildman–Crippen MR) is 112 cm³/mol. The summed E-state index contributed by atoms with van der Waals surface area (Å²) in [5.41, 5.74) is -0.257. The van der Waals surface area contributed by atoms with Crippen LogP contribution in [0.3, 0.4) is 0 Å². The molecule has 0 N–H and O–H groups in total. The first-order valence-corrected chi connectivity index (χ1v) is 11.3. The summed E-state index contributed by atoms with van der Waals surface area (Å²) in [5.74, 6) is 0.316. The largest absolute Gasteiger partial charge is 0.405 e. The van der Waals surface area contributed by atoms with Gasteiger partial charge in [-0.1, -0.05) is 27.7 Å². The Morgan fingerprint density at radius 2 is 1.69 bits per heavy atom. The summed E-state index contributed by atoms with van der Waals surface area (Å²) in [6, 6.07) is -1.34. The van der Waals surface area contributed by atoms with Gasteiger partial charge in [-0.25, -0.2) is 0 Å². The van der Waals surface area contributed by atoms with Crippen LogP contribution >= 0.6 is 0 Å². The molecule has 0 bridgehead atoms. The monoisotopic (exact) mass is 424 g/mol. The van der Waals surface area contributed by atoms with Crippen molar-refractivity contribution in [3.8, 4) is 0 Å². The van der Waals surface area contributed by atoms with Gasteiger partial charge in [-0.2, -0.15) is 13.2 Å². The third kappa shape index (κ3) is 8.72. The van der Waals surface area contributed by atoms with Gasteiger partial charge in [-0.05, 0) is 58.5 Å². The fourth-order valence-corrected chi connectivity index (χ4v) is 4.38. The molecule has 174 valence electrons. The number of piperazine rings is 1. The van der Waals surface area contributed by atoms with E-state index in [1.54, 1.807) is 12.0 Å². The van der Waals surface area contributed by atoms with Crippen LogP contribution in [0.15, 0.2) is 0 Å². The predicted octanol–water partition coefficient (Wildman–Crippen LogP) is 4.97. The number of ether oxygens (including phenoxy) is 2. The van der Waals surface area contributed by atoms with Crippen LogP contribution < -0.4 is 0 Å². The van der Waals surface area contributed by atoms with Crippen LogP contribution in [0.5, 0.6) is 0 Å². The molecule has 4 nitrogen and oxygen atoms in total. The van der Waals surface area contributed by atoms with Crippen molar-refractivity contribution in [2.24, 2.45) is 5.92 Å². The minimum atomic E-state index is -4.17. The Labute approximate surface area is 176 Å². The molecule has 1 heterocycles. The number of hydrogen-bond acceptors (Lipinski definition) is 4. The Kier molecular flexibility index (Phi) is 10.9. The zero-order valence-electron chi connectivity index (χ0n) is 19.5. The van der Waals surface area contributed by atoms with Crippen molar-refractivity contribution >= 4 is 0 Å². The fourth-order valence-electron chi connectivity index (χ4n) is 4.38. The number of rotatable bonds is 9. The van der Waals surface area contributed by atoms with Crippen molar-refractivity contribution in [2.75, 3.05) is 39.8 Å². The van der Waals surface area contributed by atoms with Crippen LogP contribution in [-0.2, 0) is 9.47 Å². The van der Waals surface area contributed by atoms with E-state index in [4.69, 9.17) is 9.47 Å². The van der Waals surface area contributed by atoms with E-state index in [1.807, 2.05) is 25.7 Å². The van der Waals surface area contributed by atoms with Gasteiger partial charge in [0, 0.05) is 26.7 Å². The Balaban J connectivity index is 0.00000204. The molecule has 29 heavy (non-hydrogen) atoms. The lowest BCUT2D eigenvalue weighted by Crippen LogP contribution is -2.59. The number of alkyl halides is 3. The summed E-state index contributed by atoms with van der Waals surface area (Å²) < 4.78 is 51.8. The molecular formula is C22H43F3N2O2. The van der Waals surface area contributed by atoms with Crippen LogP contribution in [0.2, 0.25) is 0 Å². The zero-order valence-corrected chi connectivity index (χ0v) is 19.5. The molecule has 0 radical (unpaired) electrons. The molecule has 2 atom stereocenters. The minimum absolute atomic E-state index is 0.0886. The summed E-state index contributed by atoms with van der Waals surface area (Å²) in [6.07, 6.45) is -0.129. The molecule has 2 rings (SSSR count). The SMILES string of the molecule is CC.CCN1CCN(CCC(C)CC(C)(C)OC2CC(OC)C2)C(C(F)(F)F)C1.